The maximum absolute atomic E-state index is 11.9. The van der Waals surface area contributed by atoms with Crippen LogP contribution >= 0.6 is 22.6 Å². The molecule has 1 aromatic carbocycles. The molecule has 0 aromatic heterocycles. The maximum Gasteiger partial charge on any atom is 0.573 e. The summed E-state index contributed by atoms with van der Waals surface area (Å²) in [6.07, 6.45) is -9.79. The minimum Gasteiger partial charge on any atom is -0.406 e. The van der Waals surface area contributed by atoms with Gasteiger partial charge >= 0.3 is 12.7 Å². The lowest BCUT2D eigenvalue weighted by molar-refractivity contribution is -0.277. The molecule has 9 heteroatoms. The molecule has 0 saturated carbocycles. The van der Waals surface area contributed by atoms with Gasteiger partial charge in [0.25, 0.3) is 0 Å². The minimum absolute atomic E-state index is 0.151. The van der Waals surface area contributed by atoms with E-state index in [-0.39, 0.29) is 3.57 Å². The molecule has 0 bridgehead atoms. The highest BCUT2D eigenvalue weighted by Gasteiger charge is 2.33. The van der Waals surface area contributed by atoms with E-state index in [4.69, 9.17) is 0 Å². The Kier molecular flexibility index (Phi) is 3.99. The zero-order valence-electron chi connectivity index (χ0n) is 7.69. The summed E-state index contributed by atoms with van der Waals surface area (Å²) in [7, 11) is 0. The van der Waals surface area contributed by atoms with E-state index in [2.05, 4.69) is 9.47 Å². The van der Waals surface area contributed by atoms with Gasteiger partial charge < -0.3 is 9.47 Å². The summed E-state index contributed by atoms with van der Waals surface area (Å²) in [5.41, 5.74) is 0. The Morgan fingerprint density at radius 2 is 1.41 bits per heavy atom. The van der Waals surface area contributed by atoms with E-state index < -0.39 is 24.2 Å². The Morgan fingerprint density at radius 1 is 0.882 bits per heavy atom. The van der Waals surface area contributed by atoms with Crippen LogP contribution in [0.1, 0.15) is 0 Å². The van der Waals surface area contributed by atoms with Gasteiger partial charge in [-0.05, 0) is 40.8 Å². The Bertz CT molecular complexity index is 400. The van der Waals surface area contributed by atoms with Crippen LogP contribution < -0.4 is 9.47 Å². The second kappa shape index (κ2) is 4.78. The van der Waals surface area contributed by atoms with Crippen molar-refractivity contribution in [2.75, 3.05) is 0 Å². The third-order valence-corrected chi connectivity index (χ3v) is 2.21. The lowest BCUT2D eigenvalue weighted by atomic mass is 10.3. The number of rotatable bonds is 2. The first-order valence-electron chi connectivity index (χ1n) is 3.88. The molecule has 0 amide bonds. The van der Waals surface area contributed by atoms with Crippen LogP contribution in [0.4, 0.5) is 26.3 Å². The quantitative estimate of drug-likeness (QED) is 0.575. The number of hydrogen-bond donors (Lipinski definition) is 0. The SMILES string of the molecule is FC(F)(F)Oc1ccc(OC(F)(F)F)c(I)c1. The average molecular weight is 372 g/mol. The van der Waals surface area contributed by atoms with Crippen molar-refractivity contribution >= 4 is 22.6 Å². The summed E-state index contributed by atoms with van der Waals surface area (Å²) in [5, 5.41) is 0. The topological polar surface area (TPSA) is 18.5 Å². The molecule has 2 nitrogen and oxygen atoms in total. The van der Waals surface area contributed by atoms with Gasteiger partial charge in [0.05, 0.1) is 3.57 Å². The number of ether oxygens (including phenoxy) is 2. The number of halogens is 7. The molecule has 1 rings (SSSR count). The molecule has 0 aliphatic carbocycles. The third kappa shape index (κ3) is 5.33. The molecule has 0 fully saturated rings. The highest BCUT2D eigenvalue weighted by atomic mass is 127. The van der Waals surface area contributed by atoms with Crippen molar-refractivity contribution in [3.8, 4) is 11.5 Å². The third-order valence-electron chi connectivity index (χ3n) is 1.36. The summed E-state index contributed by atoms with van der Waals surface area (Å²) in [5.74, 6) is -1.20. The van der Waals surface area contributed by atoms with E-state index in [0.717, 1.165) is 18.2 Å². The molecule has 0 spiro atoms. The van der Waals surface area contributed by atoms with Crippen LogP contribution in [0, 0.1) is 3.57 Å². The van der Waals surface area contributed by atoms with Crippen LogP contribution in [-0.2, 0) is 0 Å². The first kappa shape index (κ1) is 14.2. The zero-order chi connectivity index (χ0) is 13.3. The van der Waals surface area contributed by atoms with Gasteiger partial charge in [0, 0.05) is 0 Å². The summed E-state index contributed by atoms with van der Waals surface area (Å²) < 4.78 is 77.9. The molecule has 0 unspecified atom stereocenters. The number of alkyl halides is 6. The molecule has 0 atom stereocenters. The molecule has 0 N–H and O–H groups in total. The van der Waals surface area contributed by atoms with Crippen LogP contribution in [0.15, 0.2) is 18.2 Å². The summed E-state index contributed by atoms with van der Waals surface area (Å²) in [6, 6.07) is 2.27. The van der Waals surface area contributed by atoms with E-state index in [1.807, 2.05) is 0 Å². The minimum atomic E-state index is -4.90. The fourth-order valence-electron chi connectivity index (χ4n) is 0.886. The Balaban J connectivity index is 2.87. The normalized spacial score (nSPS) is 12.4. The second-order valence-electron chi connectivity index (χ2n) is 2.69. The summed E-state index contributed by atoms with van der Waals surface area (Å²) in [4.78, 5) is 0. The van der Waals surface area contributed by atoms with E-state index >= 15 is 0 Å². The molecule has 0 radical (unpaired) electrons. The maximum atomic E-state index is 11.9. The van der Waals surface area contributed by atoms with Crippen molar-refractivity contribution < 1.29 is 35.8 Å². The first-order chi connectivity index (χ1) is 7.57. The molecule has 0 saturated heterocycles. The lowest BCUT2D eigenvalue weighted by Gasteiger charge is -2.13. The molecule has 17 heavy (non-hydrogen) atoms. The molecule has 0 heterocycles. The van der Waals surface area contributed by atoms with Gasteiger partial charge in [-0.3, -0.25) is 0 Å². The average Bonchev–Trinajstić information content (AvgIpc) is 2.05. The van der Waals surface area contributed by atoms with Crippen molar-refractivity contribution in [1.82, 2.24) is 0 Å². The Morgan fingerprint density at radius 3 is 1.82 bits per heavy atom. The van der Waals surface area contributed by atoms with Gasteiger partial charge in [-0.1, -0.05) is 0 Å². The van der Waals surface area contributed by atoms with Gasteiger partial charge in [0.2, 0.25) is 0 Å². The van der Waals surface area contributed by atoms with Gasteiger partial charge in [-0.2, -0.15) is 0 Å². The standard InChI is InChI=1S/C8H3F6IO2/c9-7(10,11)16-4-1-2-6(5(15)3-4)17-8(12,13)14/h1-3H. The fourth-order valence-corrected chi connectivity index (χ4v) is 1.48. The summed E-state index contributed by atoms with van der Waals surface area (Å²) in [6.45, 7) is 0. The monoisotopic (exact) mass is 372 g/mol. The van der Waals surface area contributed by atoms with Crippen molar-refractivity contribution in [2.45, 2.75) is 12.7 Å². The fraction of sp³-hybridized carbons (Fsp3) is 0.250. The Hall–Kier alpha value is -0.870. The van der Waals surface area contributed by atoms with Gasteiger partial charge in [-0.15, -0.1) is 26.3 Å². The van der Waals surface area contributed by atoms with Gasteiger partial charge in [0.1, 0.15) is 11.5 Å². The van der Waals surface area contributed by atoms with Crippen molar-refractivity contribution in [3.05, 3.63) is 21.8 Å². The van der Waals surface area contributed by atoms with Crippen molar-refractivity contribution in [1.29, 1.82) is 0 Å². The summed E-state index contributed by atoms with van der Waals surface area (Å²) >= 11 is 1.41. The van der Waals surface area contributed by atoms with E-state index in [1.54, 1.807) is 0 Å². The van der Waals surface area contributed by atoms with E-state index in [0.29, 0.717) is 0 Å². The van der Waals surface area contributed by atoms with Crippen LogP contribution in [0.5, 0.6) is 11.5 Å². The molecule has 1 aromatic rings. The highest BCUT2D eigenvalue weighted by Crippen LogP contribution is 2.32. The smallest absolute Gasteiger partial charge is 0.406 e. The molecule has 96 valence electrons. The first-order valence-corrected chi connectivity index (χ1v) is 4.96. The van der Waals surface area contributed by atoms with Crippen LogP contribution in [0.3, 0.4) is 0 Å². The molecule has 0 aliphatic heterocycles. The zero-order valence-corrected chi connectivity index (χ0v) is 9.85. The predicted octanol–water partition coefficient (Wildman–Crippen LogP) is 4.09. The van der Waals surface area contributed by atoms with Crippen LogP contribution in [0.25, 0.3) is 0 Å². The molecular weight excluding hydrogens is 369 g/mol. The van der Waals surface area contributed by atoms with Gasteiger partial charge in [-0.25, -0.2) is 0 Å². The van der Waals surface area contributed by atoms with E-state index in [1.165, 1.54) is 22.6 Å². The second-order valence-corrected chi connectivity index (χ2v) is 3.85. The highest BCUT2D eigenvalue weighted by molar-refractivity contribution is 14.1. The molecular formula is C8H3F6IO2. The van der Waals surface area contributed by atoms with Crippen LogP contribution in [-0.4, -0.2) is 12.7 Å². The largest absolute Gasteiger partial charge is 0.573 e. The van der Waals surface area contributed by atoms with Crippen molar-refractivity contribution in [3.63, 3.8) is 0 Å². The predicted molar refractivity (Wildman–Crippen MR) is 52.5 cm³/mol. The van der Waals surface area contributed by atoms with Gasteiger partial charge in [0.15, 0.2) is 0 Å². The van der Waals surface area contributed by atoms with Crippen LogP contribution in [0.2, 0.25) is 0 Å². The lowest BCUT2D eigenvalue weighted by Crippen LogP contribution is -2.19. The molecule has 0 aliphatic rings. The number of benzene rings is 1. The van der Waals surface area contributed by atoms with Crippen molar-refractivity contribution in [2.24, 2.45) is 0 Å². The van der Waals surface area contributed by atoms with E-state index in [9.17, 15) is 26.3 Å². The number of hydrogen-bond acceptors (Lipinski definition) is 2. The Labute approximate surface area is 105 Å².